The van der Waals surface area contributed by atoms with Crippen LogP contribution in [-0.4, -0.2) is 21.0 Å². The normalized spacial score (nSPS) is 10.4. The number of carbonyl (C=O) groups excluding carboxylic acids is 1. The van der Waals surface area contributed by atoms with E-state index in [1.807, 2.05) is 6.07 Å². The summed E-state index contributed by atoms with van der Waals surface area (Å²) in [6.07, 6.45) is 1.39. The molecule has 2 aromatic carbocycles. The van der Waals surface area contributed by atoms with Gasteiger partial charge in [0.25, 0.3) is 5.91 Å². The average molecular weight is 435 g/mol. The molecule has 7 nitrogen and oxygen atoms in total. The quantitative estimate of drug-likeness (QED) is 0.543. The number of aromatic nitrogens is 2. The number of rotatable bonds is 6. The third-order valence-electron chi connectivity index (χ3n) is 3.80. The first kappa shape index (κ1) is 20.6. The van der Waals surface area contributed by atoms with Gasteiger partial charge in [0.15, 0.2) is 17.4 Å². The van der Waals surface area contributed by atoms with E-state index in [2.05, 4.69) is 15.3 Å². The fourth-order valence-electron chi connectivity index (χ4n) is 2.42. The average Bonchev–Trinajstić information content (AvgIpc) is 3.19. The van der Waals surface area contributed by atoms with Gasteiger partial charge in [-0.25, -0.2) is 9.37 Å². The molecule has 0 aliphatic carbocycles. The van der Waals surface area contributed by atoms with E-state index in [0.717, 1.165) is 0 Å². The topological polar surface area (TPSA) is 111 Å². The molecule has 3 aromatic rings. The molecule has 0 saturated carbocycles. The van der Waals surface area contributed by atoms with Crippen molar-refractivity contribution in [2.45, 2.75) is 13.2 Å². The summed E-state index contributed by atoms with van der Waals surface area (Å²) in [5.41, 5.74) is 0.670. The van der Waals surface area contributed by atoms with Gasteiger partial charge in [-0.3, -0.25) is 4.79 Å². The van der Waals surface area contributed by atoms with Gasteiger partial charge in [-0.1, -0.05) is 29.3 Å². The maximum atomic E-state index is 14.9. The Morgan fingerprint density at radius 2 is 2.14 bits per heavy atom. The second-order valence-corrected chi connectivity index (χ2v) is 6.66. The molecule has 1 aromatic heterocycles. The number of benzene rings is 2. The first-order valence-electron chi connectivity index (χ1n) is 8.20. The van der Waals surface area contributed by atoms with E-state index in [1.165, 1.54) is 36.5 Å². The molecular formula is C19H13Cl2FN4O3. The van der Waals surface area contributed by atoms with Crippen LogP contribution in [0.1, 0.15) is 27.4 Å². The van der Waals surface area contributed by atoms with E-state index in [4.69, 9.17) is 38.3 Å². The Labute approximate surface area is 174 Å². The number of halogens is 3. The van der Waals surface area contributed by atoms with Crippen LogP contribution in [0, 0.1) is 17.1 Å². The van der Waals surface area contributed by atoms with Crippen LogP contribution < -0.4 is 10.1 Å². The third kappa shape index (κ3) is 4.84. The number of aliphatic hydroxyl groups excluding tert-OH is 1. The van der Waals surface area contributed by atoms with Crippen molar-refractivity contribution in [1.29, 1.82) is 5.26 Å². The zero-order chi connectivity index (χ0) is 21.0. The molecule has 0 saturated heterocycles. The molecule has 0 bridgehead atoms. The molecule has 0 fully saturated rings. The second-order valence-electron chi connectivity index (χ2n) is 5.82. The van der Waals surface area contributed by atoms with Crippen LogP contribution in [0.25, 0.3) is 0 Å². The Morgan fingerprint density at radius 3 is 2.83 bits per heavy atom. The molecular weight excluding hydrogens is 422 g/mol. The number of aliphatic hydroxyl groups is 1. The van der Waals surface area contributed by atoms with Crippen LogP contribution >= 0.6 is 23.2 Å². The van der Waals surface area contributed by atoms with E-state index in [9.17, 15) is 9.18 Å². The van der Waals surface area contributed by atoms with Crippen molar-refractivity contribution in [3.05, 3.63) is 75.0 Å². The molecule has 0 radical (unpaired) electrons. The van der Waals surface area contributed by atoms with Crippen LogP contribution in [0.3, 0.4) is 0 Å². The summed E-state index contributed by atoms with van der Waals surface area (Å²) in [5.74, 6) is -1.47. The number of carbonyl (C=O) groups is 1. The zero-order valence-electron chi connectivity index (χ0n) is 14.7. The second kappa shape index (κ2) is 8.92. The monoisotopic (exact) mass is 434 g/mol. The Hall–Kier alpha value is -3.12. The number of nitriles is 1. The van der Waals surface area contributed by atoms with E-state index in [-0.39, 0.29) is 51.6 Å². The number of aromatic amines is 1. The number of imidazole rings is 1. The predicted octanol–water partition coefficient (Wildman–Crippen LogP) is 3.94. The summed E-state index contributed by atoms with van der Waals surface area (Å²) in [6, 6.07) is 9.01. The van der Waals surface area contributed by atoms with Gasteiger partial charge in [0.1, 0.15) is 5.75 Å². The molecule has 10 heteroatoms. The summed E-state index contributed by atoms with van der Waals surface area (Å²) in [4.78, 5) is 18.6. The van der Waals surface area contributed by atoms with Gasteiger partial charge >= 0.3 is 0 Å². The Kier molecular flexibility index (Phi) is 6.34. The molecule has 148 valence electrons. The molecule has 29 heavy (non-hydrogen) atoms. The predicted molar refractivity (Wildman–Crippen MR) is 103 cm³/mol. The SMILES string of the molecule is N#Cc1cc(Cl)cc(Oc2c(Cl)ccc(CNC(=O)c3nc(CO)c[nH]3)c2F)c1. The lowest BCUT2D eigenvalue weighted by Crippen LogP contribution is -2.24. The number of nitrogens with zero attached hydrogens (tertiary/aromatic N) is 2. The summed E-state index contributed by atoms with van der Waals surface area (Å²) < 4.78 is 20.4. The smallest absolute Gasteiger partial charge is 0.287 e. The highest BCUT2D eigenvalue weighted by molar-refractivity contribution is 6.32. The lowest BCUT2D eigenvalue weighted by Gasteiger charge is -2.13. The number of nitrogens with one attached hydrogen (secondary N) is 2. The highest BCUT2D eigenvalue weighted by Gasteiger charge is 2.17. The van der Waals surface area contributed by atoms with Gasteiger partial charge in [0.05, 0.1) is 29.0 Å². The van der Waals surface area contributed by atoms with Crippen molar-refractivity contribution in [2.75, 3.05) is 0 Å². The molecule has 1 amide bonds. The largest absolute Gasteiger partial charge is 0.453 e. The fourth-order valence-corrected chi connectivity index (χ4v) is 2.83. The van der Waals surface area contributed by atoms with Crippen molar-refractivity contribution in [3.63, 3.8) is 0 Å². The maximum absolute atomic E-state index is 14.9. The minimum Gasteiger partial charge on any atom is -0.453 e. The minimum absolute atomic E-state index is 0.00896. The van der Waals surface area contributed by atoms with E-state index >= 15 is 0 Å². The summed E-state index contributed by atoms with van der Waals surface area (Å²) in [7, 11) is 0. The van der Waals surface area contributed by atoms with Crippen LogP contribution in [0.4, 0.5) is 4.39 Å². The van der Waals surface area contributed by atoms with Crippen molar-refractivity contribution in [2.24, 2.45) is 0 Å². The van der Waals surface area contributed by atoms with Gasteiger partial charge < -0.3 is 20.1 Å². The molecule has 0 aliphatic heterocycles. The van der Waals surface area contributed by atoms with Gasteiger partial charge in [-0.2, -0.15) is 5.26 Å². The maximum Gasteiger partial charge on any atom is 0.287 e. The first-order chi connectivity index (χ1) is 13.9. The molecule has 0 aliphatic rings. The number of hydrogen-bond donors (Lipinski definition) is 3. The highest BCUT2D eigenvalue weighted by Crippen LogP contribution is 2.35. The lowest BCUT2D eigenvalue weighted by atomic mass is 10.2. The van der Waals surface area contributed by atoms with Gasteiger partial charge in [0.2, 0.25) is 0 Å². The number of ether oxygens (including phenoxy) is 1. The molecule has 0 atom stereocenters. The van der Waals surface area contributed by atoms with Crippen molar-refractivity contribution < 1.29 is 19.0 Å². The number of hydrogen-bond acceptors (Lipinski definition) is 5. The number of amides is 1. The Balaban J connectivity index is 1.79. The van der Waals surface area contributed by atoms with Crippen LogP contribution in [0.5, 0.6) is 11.5 Å². The summed E-state index contributed by atoms with van der Waals surface area (Å²) in [5, 5.41) is 20.8. The van der Waals surface area contributed by atoms with Crippen LogP contribution in [0.15, 0.2) is 36.5 Å². The lowest BCUT2D eigenvalue weighted by molar-refractivity contribution is 0.0941. The van der Waals surface area contributed by atoms with E-state index in [0.29, 0.717) is 5.69 Å². The zero-order valence-corrected chi connectivity index (χ0v) is 16.2. The van der Waals surface area contributed by atoms with Gasteiger partial charge in [-0.05, 0) is 24.3 Å². The molecule has 3 rings (SSSR count). The summed E-state index contributed by atoms with van der Waals surface area (Å²) >= 11 is 12.0. The fraction of sp³-hybridized carbons (Fsp3) is 0.105. The first-order valence-corrected chi connectivity index (χ1v) is 8.95. The Bertz CT molecular complexity index is 1110. The molecule has 0 spiro atoms. The minimum atomic E-state index is -0.772. The van der Waals surface area contributed by atoms with Crippen molar-refractivity contribution >= 4 is 29.1 Å². The molecule has 3 N–H and O–H groups in total. The Morgan fingerprint density at radius 1 is 1.34 bits per heavy atom. The molecule has 1 heterocycles. The van der Waals surface area contributed by atoms with Crippen molar-refractivity contribution in [1.82, 2.24) is 15.3 Å². The van der Waals surface area contributed by atoms with Gasteiger partial charge in [0, 0.05) is 23.3 Å². The van der Waals surface area contributed by atoms with E-state index < -0.39 is 11.7 Å². The number of H-pyrrole nitrogens is 1. The standard InChI is InChI=1S/C19H13Cl2FN4O3/c20-12-3-10(6-23)4-14(5-12)29-17-15(21)2-1-11(16(17)22)7-25-19(28)18-24-8-13(9-27)26-18/h1-5,8,27H,7,9H2,(H,24,26)(H,25,28). The van der Waals surface area contributed by atoms with Crippen molar-refractivity contribution in [3.8, 4) is 17.6 Å². The third-order valence-corrected chi connectivity index (χ3v) is 4.31. The van der Waals surface area contributed by atoms with Gasteiger partial charge in [-0.15, -0.1) is 0 Å². The van der Waals surface area contributed by atoms with E-state index in [1.54, 1.807) is 0 Å². The molecule has 0 unspecified atom stereocenters. The van der Waals surface area contributed by atoms with Crippen LogP contribution in [-0.2, 0) is 13.2 Å². The summed E-state index contributed by atoms with van der Waals surface area (Å²) in [6.45, 7) is -0.473. The van der Waals surface area contributed by atoms with Crippen LogP contribution in [0.2, 0.25) is 10.0 Å². The highest BCUT2D eigenvalue weighted by atomic mass is 35.5.